The van der Waals surface area contributed by atoms with Gasteiger partial charge in [0, 0.05) is 7.05 Å². The standard InChI is InChI=1S/C8H13N3O3S/c1-4-8(2,5(12)13)15-7-10-9-6(14)11(7)3/h4H2,1-3H3,(H,9,14)(H,12,13). The molecule has 0 bridgehead atoms. The Kier molecular flexibility index (Phi) is 3.23. The van der Waals surface area contributed by atoms with Gasteiger partial charge < -0.3 is 5.11 Å². The van der Waals surface area contributed by atoms with E-state index in [1.165, 1.54) is 4.57 Å². The highest BCUT2D eigenvalue weighted by Gasteiger charge is 2.34. The van der Waals surface area contributed by atoms with E-state index in [0.29, 0.717) is 11.6 Å². The maximum absolute atomic E-state index is 11.1. The Morgan fingerprint density at radius 3 is 2.67 bits per heavy atom. The van der Waals surface area contributed by atoms with Crippen molar-refractivity contribution in [3.8, 4) is 0 Å². The first-order valence-electron chi connectivity index (χ1n) is 4.44. The van der Waals surface area contributed by atoms with E-state index in [2.05, 4.69) is 10.2 Å². The topological polar surface area (TPSA) is 88.0 Å². The van der Waals surface area contributed by atoms with Gasteiger partial charge in [-0.1, -0.05) is 18.7 Å². The maximum atomic E-state index is 11.1. The van der Waals surface area contributed by atoms with Crippen molar-refractivity contribution in [2.75, 3.05) is 0 Å². The van der Waals surface area contributed by atoms with Crippen LogP contribution in [0.2, 0.25) is 0 Å². The second-order valence-corrected chi connectivity index (χ2v) is 4.83. The molecular formula is C8H13N3O3S. The molecule has 0 radical (unpaired) electrons. The fourth-order valence-electron chi connectivity index (χ4n) is 0.892. The van der Waals surface area contributed by atoms with Crippen molar-refractivity contribution in [2.45, 2.75) is 30.2 Å². The molecule has 0 amide bonds. The third-order valence-electron chi connectivity index (χ3n) is 2.28. The monoisotopic (exact) mass is 231 g/mol. The fourth-order valence-corrected chi connectivity index (χ4v) is 1.84. The number of aromatic amines is 1. The van der Waals surface area contributed by atoms with Crippen molar-refractivity contribution >= 4 is 17.7 Å². The number of nitrogens with zero attached hydrogens (tertiary/aromatic N) is 2. The van der Waals surface area contributed by atoms with E-state index in [-0.39, 0.29) is 5.69 Å². The first-order chi connectivity index (χ1) is 6.90. The highest BCUT2D eigenvalue weighted by atomic mass is 32.2. The van der Waals surface area contributed by atoms with Gasteiger partial charge in [-0.3, -0.25) is 9.36 Å². The van der Waals surface area contributed by atoms with Crippen LogP contribution >= 0.6 is 11.8 Å². The summed E-state index contributed by atoms with van der Waals surface area (Å²) in [6.45, 7) is 3.39. The molecule has 0 aromatic carbocycles. The van der Waals surface area contributed by atoms with E-state index in [0.717, 1.165) is 11.8 Å². The largest absolute Gasteiger partial charge is 0.480 e. The molecule has 0 aliphatic rings. The van der Waals surface area contributed by atoms with Crippen LogP contribution in [0.3, 0.4) is 0 Å². The van der Waals surface area contributed by atoms with Gasteiger partial charge in [0.25, 0.3) is 0 Å². The molecule has 1 unspecified atom stereocenters. The number of aromatic nitrogens is 3. The molecule has 1 atom stereocenters. The van der Waals surface area contributed by atoms with Gasteiger partial charge in [0.05, 0.1) is 0 Å². The fraction of sp³-hybridized carbons (Fsp3) is 0.625. The normalized spacial score (nSPS) is 14.9. The van der Waals surface area contributed by atoms with Crippen LogP contribution in [0, 0.1) is 0 Å². The number of hydrogen-bond donors (Lipinski definition) is 2. The van der Waals surface area contributed by atoms with Gasteiger partial charge in [-0.2, -0.15) is 0 Å². The molecule has 2 N–H and O–H groups in total. The smallest absolute Gasteiger partial charge is 0.343 e. The molecule has 0 saturated heterocycles. The number of carboxylic acid groups (broad SMARTS) is 1. The zero-order valence-electron chi connectivity index (χ0n) is 8.77. The zero-order chi connectivity index (χ0) is 11.6. The second-order valence-electron chi connectivity index (χ2n) is 3.36. The molecule has 84 valence electrons. The van der Waals surface area contributed by atoms with Gasteiger partial charge in [0.2, 0.25) is 0 Å². The molecule has 6 nitrogen and oxygen atoms in total. The van der Waals surface area contributed by atoms with Crippen LogP contribution in [0.5, 0.6) is 0 Å². The maximum Gasteiger partial charge on any atom is 0.343 e. The first-order valence-corrected chi connectivity index (χ1v) is 5.26. The summed E-state index contributed by atoms with van der Waals surface area (Å²) in [4.78, 5) is 22.1. The highest BCUT2D eigenvalue weighted by Crippen LogP contribution is 2.33. The van der Waals surface area contributed by atoms with Crippen molar-refractivity contribution in [3.05, 3.63) is 10.5 Å². The van der Waals surface area contributed by atoms with E-state index < -0.39 is 10.7 Å². The number of carbonyl (C=O) groups is 1. The van der Waals surface area contributed by atoms with E-state index in [1.54, 1.807) is 20.9 Å². The van der Waals surface area contributed by atoms with Crippen LogP contribution in [0.25, 0.3) is 0 Å². The Hall–Kier alpha value is -1.24. The van der Waals surface area contributed by atoms with Crippen molar-refractivity contribution < 1.29 is 9.90 Å². The Balaban J connectivity index is 2.99. The SMILES string of the molecule is CCC(C)(Sc1n[nH]c(=O)n1C)C(=O)O. The number of thioether (sulfide) groups is 1. The van der Waals surface area contributed by atoms with Crippen LogP contribution in [0.1, 0.15) is 20.3 Å². The molecule has 0 spiro atoms. The lowest BCUT2D eigenvalue weighted by Gasteiger charge is -2.20. The van der Waals surface area contributed by atoms with E-state index in [4.69, 9.17) is 5.11 Å². The number of hydrogen-bond acceptors (Lipinski definition) is 4. The van der Waals surface area contributed by atoms with Crippen molar-refractivity contribution in [1.82, 2.24) is 14.8 Å². The molecule has 15 heavy (non-hydrogen) atoms. The van der Waals surface area contributed by atoms with E-state index in [1.807, 2.05) is 0 Å². The van der Waals surface area contributed by atoms with Gasteiger partial charge in [0.15, 0.2) is 5.16 Å². The van der Waals surface area contributed by atoms with Gasteiger partial charge >= 0.3 is 11.7 Å². The summed E-state index contributed by atoms with van der Waals surface area (Å²) < 4.78 is 0.334. The summed E-state index contributed by atoms with van der Waals surface area (Å²) in [6, 6.07) is 0. The van der Waals surface area contributed by atoms with Gasteiger partial charge in [0.1, 0.15) is 4.75 Å². The average Bonchev–Trinajstić information content (AvgIpc) is 2.49. The first kappa shape index (κ1) is 11.8. The summed E-state index contributed by atoms with van der Waals surface area (Å²) in [5, 5.41) is 15.4. The molecule has 7 heteroatoms. The minimum absolute atomic E-state index is 0.346. The van der Waals surface area contributed by atoms with Gasteiger partial charge in [-0.25, -0.2) is 9.89 Å². The Labute approximate surface area is 90.7 Å². The summed E-state index contributed by atoms with van der Waals surface area (Å²) in [5.74, 6) is -0.912. The molecule has 0 aliphatic carbocycles. The molecule has 1 heterocycles. The quantitative estimate of drug-likeness (QED) is 0.735. The predicted octanol–water partition coefficient (Wildman–Crippen LogP) is 0.454. The second kappa shape index (κ2) is 4.09. The zero-order valence-corrected chi connectivity index (χ0v) is 9.59. The van der Waals surface area contributed by atoms with Crippen molar-refractivity contribution in [3.63, 3.8) is 0 Å². The molecule has 1 aromatic rings. The summed E-state index contributed by atoms with van der Waals surface area (Å²) in [5.41, 5.74) is -0.346. The van der Waals surface area contributed by atoms with E-state index >= 15 is 0 Å². The Bertz CT molecular complexity index is 425. The molecule has 0 fully saturated rings. The van der Waals surface area contributed by atoms with Gasteiger partial charge in [-0.15, -0.1) is 5.10 Å². The Morgan fingerprint density at radius 1 is 1.73 bits per heavy atom. The number of H-pyrrole nitrogens is 1. The lowest BCUT2D eigenvalue weighted by atomic mass is 10.1. The van der Waals surface area contributed by atoms with Crippen LogP contribution in [0.4, 0.5) is 0 Å². The summed E-state index contributed by atoms with van der Waals surface area (Å²) in [6.07, 6.45) is 0.452. The number of nitrogens with one attached hydrogen (secondary N) is 1. The lowest BCUT2D eigenvalue weighted by Crippen LogP contribution is -2.31. The third kappa shape index (κ3) is 2.23. The average molecular weight is 231 g/mol. The minimum atomic E-state index is -0.959. The number of rotatable bonds is 4. The molecular weight excluding hydrogens is 218 g/mol. The van der Waals surface area contributed by atoms with E-state index in [9.17, 15) is 9.59 Å². The number of carboxylic acids is 1. The molecule has 1 rings (SSSR count). The summed E-state index contributed by atoms with van der Waals surface area (Å²) >= 11 is 1.07. The lowest BCUT2D eigenvalue weighted by molar-refractivity contribution is -0.139. The van der Waals surface area contributed by atoms with Crippen molar-refractivity contribution in [2.24, 2.45) is 7.05 Å². The Morgan fingerprint density at radius 2 is 2.33 bits per heavy atom. The molecule has 0 aliphatic heterocycles. The third-order valence-corrected chi connectivity index (χ3v) is 3.74. The van der Waals surface area contributed by atoms with Crippen LogP contribution in [-0.2, 0) is 11.8 Å². The van der Waals surface area contributed by atoms with Crippen LogP contribution < -0.4 is 5.69 Å². The van der Waals surface area contributed by atoms with Crippen molar-refractivity contribution in [1.29, 1.82) is 0 Å². The van der Waals surface area contributed by atoms with Crippen LogP contribution in [0.15, 0.2) is 9.95 Å². The molecule has 0 saturated carbocycles. The minimum Gasteiger partial charge on any atom is -0.480 e. The van der Waals surface area contributed by atoms with Crippen LogP contribution in [-0.4, -0.2) is 30.6 Å². The summed E-state index contributed by atoms with van der Waals surface area (Å²) in [7, 11) is 1.55. The predicted molar refractivity (Wildman–Crippen MR) is 56.0 cm³/mol. The highest BCUT2D eigenvalue weighted by molar-refractivity contribution is 8.01. The van der Waals surface area contributed by atoms with Gasteiger partial charge in [-0.05, 0) is 13.3 Å². The number of aliphatic carboxylic acids is 1. The molecule has 1 aromatic heterocycles.